The molecular formula is C19H23FN2O2. The molecule has 0 aliphatic heterocycles. The van der Waals surface area contributed by atoms with E-state index in [0.717, 1.165) is 19.5 Å². The number of nitrogens with one attached hydrogen (secondary N) is 1. The van der Waals surface area contributed by atoms with Crippen LogP contribution >= 0.6 is 0 Å². The van der Waals surface area contributed by atoms with Crippen LogP contribution < -0.4 is 10.1 Å². The Kier molecular flexibility index (Phi) is 7.23. The Morgan fingerprint density at radius 1 is 1.12 bits per heavy atom. The van der Waals surface area contributed by atoms with Gasteiger partial charge in [0.2, 0.25) is 0 Å². The van der Waals surface area contributed by atoms with Crippen molar-refractivity contribution < 1.29 is 13.9 Å². The van der Waals surface area contributed by atoms with Crippen molar-refractivity contribution in [3.63, 3.8) is 0 Å². The van der Waals surface area contributed by atoms with Crippen molar-refractivity contribution in [1.29, 1.82) is 0 Å². The molecule has 0 aromatic heterocycles. The van der Waals surface area contributed by atoms with Crippen LogP contribution in [0.3, 0.4) is 0 Å². The van der Waals surface area contributed by atoms with Crippen LogP contribution in [0.1, 0.15) is 12.0 Å². The van der Waals surface area contributed by atoms with Gasteiger partial charge in [0, 0.05) is 13.1 Å². The lowest BCUT2D eigenvalue weighted by molar-refractivity contribution is -0.123. The van der Waals surface area contributed by atoms with E-state index in [-0.39, 0.29) is 18.3 Å². The third-order valence-corrected chi connectivity index (χ3v) is 3.53. The molecule has 0 radical (unpaired) electrons. The first-order valence-electron chi connectivity index (χ1n) is 8.01. The van der Waals surface area contributed by atoms with Crippen LogP contribution in [0, 0.1) is 5.82 Å². The second kappa shape index (κ2) is 9.67. The third kappa shape index (κ3) is 6.38. The lowest BCUT2D eigenvalue weighted by atomic mass is 10.2. The molecule has 1 N–H and O–H groups in total. The third-order valence-electron chi connectivity index (χ3n) is 3.53. The number of carbonyl (C=O) groups excluding carboxylic acids is 1. The van der Waals surface area contributed by atoms with E-state index in [1.54, 1.807) is 12.1 Å². The Morgan fingerprint density at radius 3 is 2.58 bits per heavy atom. The van der Waals surface area contributed by atoms with Gasteiger partial charge in [0.05, 0.1) is 0 Å². The highest BCUT2D eigenvalue weighted by Crippen LogP contribution is 2.14. The normalized spacial score (nSPS) is 10.6. The Bertz CT molecular complexity index is 634. The maximum atomic E-state index is 13.4. The number of amides is 1. The summed E-state index contributed by atoms with van der Waals surface area (Å²) in [5, 5.41) is 2.78. The van der Waals surface area contributed by atoms with Crippen molar-refractivity contribution in [1.82, 2.24) is 10.2 Å². The number of hydrogen-bond acceptors (Lipinski definition) is 3. The number of rotatable bonds is 9. The van der Waals surface area contributed by atoms with Gasteiger partial charge in [-0.1, -0.05) is 42.5 Å². The van der Waals surface area contributed by atoms with E-state index < -0.39 is 5.82 Å². The zero-order chi connectivity index (χ0) is 17.2. The Hall–Kier alpha value is -2.40. The highest BCUT2D eigenvalue weighted by atomic mass is 19.1. The van der Waals surface area contributed by atoms with E-state index >= 15 is 0 Å². The molecule has 0 spiro atoms. The zero-order valence-electron chi connectivity index (χ0n) is 13.9. The fraction of sp³-hybridized carbons (Fsp3) is 0.316. The molecule has 24 heavy (non-hydrogen) atoms. The van der Waals surface area contributed by atoms with Gasteiger partial charge >= 0.3 is 0 Å². The first-order chi connectivity index (χ1) is 11.6. The largest absolute Gasteiger partial charge is 0.481 e. The standard InChI is InChI=1S/C19H23FN2O2/c1-22(14-16-8-3-2-4-9-16)13-7-12-21-19(23)15-24-18-11-6-5-10-17(18)20/h2-6,8-11H,7,12-15H2,1H3,(H,21,23). The lowest BCUT2D eigenvalue weighted by Crippen LogP contribution is -2.31. The van der Waals surface area contributed by atoms with Crippen LogP contribution in [0.2, 0.25) is 0 Å². The van der Waals surface area contributed by atoms with Crippen LogP contribution in [-0.4, -0.2) is 37.6 Å². The van der Waals surface area contributed by atoms with Crippen LogP contribution in [-0.2, 0) is 11.3 Å². The number of nitrogens with zero attached hydrogens (tertiary/aromatic N) is 1. The molecule has 0 unspecified atom stereocenters. The van der Waals surface area contributed by atoms with E-state index in [2.05, 4.69) is 29.4 Å². The van der Waals surface area contributed by atoms with Gasteiger partial charge < -0.3 is 15.0 Å². The minimum atomic E-state index is -0.465. The zero-order valence-corrected chi connectivity index (χ0v) is 13.9. The van der Waals surface area contributed by atoms with E-state index in [1.807, 2.05) is 18.2 Å². The van der Waals surface area contributed by atoms with E-state index in [9.17, 15) is 9.18 Å². The average Bonchev–Trinajstić information content (AvgIpc) is 2.59. The summed E-state index contributed by atoms with van der Waals surface area (Å²) >= 11 is 0. The number of halogens is 1. The smallest absolute Gasteiger partial charge is 0.257 e. The van der Waals surface area contributed by atoms with Gasteiger partial charge in [0.25, 0.3) is 5.91 Å². The van der Waals surface area contributed by atoms with Gasteiger partial charge in [-0.25, -0.2) is 4.39 Å². The summed E-state index contributed by atoms with van der Waals surface area (Å²) in [6.07, 6.45) is 0.842. The first kappa shape index (κ1) is 17.9. The van der Waals surface area contributed by atoms with Gasteiger partial charge in [-0.15, -0.1) is 0 Å². The number of hydrogen-bond donors (Lipinski definition) is 1. The molecule has 0 saturated heterocycles. The molecule has 0 heterocycles. The molecule has 2 aromatic rings. The maximum absolute atomic E-state index is 13.4. The van der Waals surface area contributed by atoms with Gasteiger partial charge in [-0.3, -0.25) is 4.79 Å². The fourth-order valence-electron chi connectivity index (χ4n) is 2.31. The topological polar surface area (TPSA) is 41.6 Å². The summed E-state index contributed by atoms with van der Waals surface area (Å²) in [4.78, 5) is 13.9. The highest BCUT2D eigenvalue weighted by Gasteiger charge is 2.06. The summed E-state index contributed by atoms with van der Waals surface area (Å²) in [5.41, 5.74) is 1.27. The fourth-order valence-corrected chi connectivity index (χ4v) is 2.31. The van der Waals surface area contributed by atoms with Crippen LogP contribution in [0.4, 0.5) is 4.39 Å². The lowest BCUT2D eigenvalue weighted by Gasteiger charge is -2.16. The van der Waals surface area contributed by atoms with Crippen LogP contribution in [0.15, 0.2) is 54.6 Å². The molecule has 0 saturated carbocycles. The predicted octanol–water partition coefficient (Wildman–Crippen LogP) is 2.84. The number of carbonyl (C=O) groups is 1. The second-order valence-electron chi connectivity index (χ2n) is 5.65. The summed E-state index contributed by atoms with van der Waals surface area (Å²) in [6.45, 7) is 2.15. The molecule has 128 valence electrons. The Morgan fingerprint density at radius 2 is 1.83 bits per heavy atom. The predicted molar refractivity (Wildman–Crippen MR) is 92.3 cm³/mol. The van der Waals surface area contributed by atoms with Crippen molar-refractivity contribution in [3.8, 4) is 5.75 Å². The average molecular weight is 330 g/mol. The van der Waals surface area contributed by atoms with Crippen molar-refractivity contribution in [2.24, 2.45) is 0 Å². The summed E-state index contributed by atoms with van der Waals surface area (Å²) in [7, 11) is 2.05. The van der Waals surface area contributed by atoms with Crippen molar-refractivity contribution in [3.05, 3.63) is 66.0 Å². The molecule has 0 bridgehead atoms. The van der Waals surface area contributed by atoms with Crippen molar-refractivity contribution in [2.75, 3.05) is 26.7 Å². The second-order valence-corrected chi connectivity index (χ2v) is 5.65. The molecule has 0 atom stereocenters. The molecule has 2 rings (SSSR count). The molecular weight excluding hydrogens is 307 g/mol. The molecule has 0 fully saturated rings. The van der Waals surface area contributed by atoms with Crippen LogP contribution in [0.25, 0.3) is 0 Å². The summed E-state index contributed by atoms with van der Waals surface area (Å²) < 4.78 is 18.5. The quantitative estimate of drug-likeness (QED) is 0.719. The van der Waals surface area contributed by atoms with Gasteiger partial charge in [0.15, 0.2) is 18.2 Å². The molecule has 2 aromatic carbocycles. The van der Waals surface area contributed by atoms with E-state index in [0.29, 0.717) is 6.54 Å². The van der Waals surface area contributed by atoms with E-state index in [1.165, 1.54) is 17.7 Å². The number of benzene rings is 2. The molecule has 0 aliphatic carbocycles. The monoisotopic (exact) mass is 330 g/mol. The molecule has 0 aliphatic rings. The van der Waals surface area contributed by atoms with E-state index in [4.69, 9.17) is 4.74 Å². The summed E-state index contributed by atoms with van der Waals surface area (Å²) in [6, 6.07) is 16.3. The molecule has 5 heteroatoms. The number of para-hydroxylation sites is 1. The minimum absolute atomic E-state index is 0.0928. The SMILES string of the molecule is CN(CCCNC(=O)COc1ccccc1F)Cc1ccccc1. The molecule has 1 amide bonds. The van der Waals surface area contributed by atoms with Gasteiger partial charge in [0.1, 0.15) is 0 Å². The number of ether oxygens (including phenoxy) is 1. The Balaban J connectivity index is 1.58. The van der Waals surface area contributed by atoms with Crippen molar-refractivity contribution in [2.45, 2.75) is 13.0 Å². The van der Waals surface area contributed by atoms with Crippen molar-refractivity contribution >= 4 is 5.91 Å². The van der Waals surface area contributed by atoms with Crippen LogP contribution in [0.5, 0.6) is 5.75 Å². The Labute approximate surface area is 142 Å². The summed E-state index contributed by atoms with van der Waals surface area (Å²) in [5.74, 6) is -0.618. The van der Waals surface area contributed by atoms with Gasteiger partial charge in [-0.05, 0) is 37.7 Å². The maximum Gasteiger partial charge on any atom is 0.257 e. The first-order valence-corrected chi connectivity index (χ1v) is 8.01. The molecule has 4 nitrogen and oxygen atoms in total. The minimum Gasteiger partial charge on any atom is -0.481 e. The van der Waals surface area contributed by atoms with Gasteiger partial charge in [-0.2, -0.15) is 0 Å². The highest BCUT2D eigenvalue weighted by molar-refractivity contribution is 5.77.